The van der Waals surface area contributed by atoms with Crippen LogP contribution in [0.1, 0.15) is 33.4 Å². The monoisotopic (exact) mass is 573 g/mol. The Balaban J connectivity index is 1.66. The first-order chi connectivity index (χ1) is 18.8. The summed E-state index contributed by atoms with van der Waals surface area (Å²) in [6.45, 7) is 8.38. The lowest BCUT2D eigenvalue weighted by Crippen LogP contribution is -2.54. The lowest BCUT2D eigenvalue weighted by atomic mass is 10.1. The largest absolute Gasteiger partial charge is 0.444 e. The predicted octanol–water partition coefficient (Wildman–Crippen LogP) is 6.00. The zero-order chi connectivity index (χ0) is 28.8. The Morgan fingerprint density at radius 3 is 2.50 bits per heavy atom. The van der Waals surface area contributed by atoms with Crippen molar-refractivity contribution in [3.8, 4) is 16.9 Å². The van der Waals surface area contributed by atoms with Crippen molar-refractivity contribution in [3.63, 3.8) is 0 Å². The molecule has 210 valence electrons. The first-order valence-electron chi connectivity index (χ1n) is 12.6. The van der Waals surface area contributed by atoms with Gasteiger partial charge in [-0.1, -0.05) is 17.7 Å². The van der Waals surface area contributed by atoms with Gasteiger partial charge < -0.3 is 19.1 Å². The minimum atomic E-state index is -4.74. The fourth-order valence-electron chi connectivity index (χ4n) is 4.77. The molecule has 4 aromatic rings. The molecule has 3 aromatic heterocycles. The molecular weight excluding hydrogens is 547 g/mol. The fourth-order valence-corrected chi connectivity index (χ4v) is 4.96. The van der Waals surface area contributed by atoms with Crippen molar-refractivity contribution in [2.45, 2.75) is 45.5 Å². The molecule has 5 rings (SSSR count). The van der Waals surface area contributed by atoms with Gasteiger partial charge in [-0.3, -0.25) is 4.98 Å². The van der Waals surface area contributed by atoms with Crippen molar-refractivity contribution in [1.29, 1.82) is 0 Å². The van der Waals surface area contributed by atoms with Crippen molar-refractivity contribution >= 4 is 34.5 Å². The van der Waals surface area contributed by atoms with Crippen LogP contribution in [0.25, 0.3) is 28.0 Å². The van der Waals surface area contributed by atoms with E-state index in [4.69, 9.17) is 16.3 Å². The molecule has 0 bridgehead atoms. The average Bonchev–Trinajstić information content (AvgIpc) is 3.27. The van der Waals surface area contributed by atoms with Gasteiger partial charge in [0.25, 0.3) is 0 Å². The third kappa shape index (κ3) is 5.40. The molecule has 13 heteroatoms. The van der Waals surface area contributed by atoms with E-state index in [1.54, 1.807) is 60.7 Å². The van der Waals surface area contributed by atoms with E-state index < -0.39 is 23.6 Å². The van der Waals surface area contributed by atoms with Gasteiger partial charge in [-0.2, -0.15) is 13.2 Å². The summed E-state index contributed by atoms with van der Waals surface area (Å²) in [4.78, 5) is 33.0. The molecule has 1 fully saturated rings. The molecule has 1 saturated heterocycles. The molecular formula is C27H27ClF3N7O2. The van der Waals surface area contributed by atoms with E-state index >= 15 is 0 Å². The minimum Gasteiger partial charge on any atom is -0.444 e. The van der Waals surface area contributed by atoms with Crippen LogP contribution in [0.5, 0.6) is 0 Å². The van der Waals surface area contributed by atoms with Gasteiger partial charge in [-0.15, -0.1) is 0 Å². The SMILES string of the molecule is C[C@H]1CN(C(=O)OC(C)(C)C)CCN1c1ncnc2c1c(-c1nccnc1C(F)(F)F)cn2-c1cccc(Cl)c1. The summed E-state index contributed by atoms with van der Waals surface area (Å²) >= 11 is 6.24. The number of nitrogens with zero attached hydrogens (tertiary/aromatic N) is 7. The molecule has 0 N–H and O–H groups in total. The van der Waals surface area contributed by atoms with E-state index in [1.165, 1.54) is 12.5 Å². The lowest BCUT2D eigenvalue weighted by Gasteiger charge is -2.41. The van der Waals surface area contributed by atoms with Gasteiger partial charge in [0, 0.05) is 60.5 Å². The standard InChI is InChI=1S/C27H27ClF3N7O2/c1-16-13-36(25(39)40-26(2,3)4)10-11-37(16)23-20-19(21-22(27(29,30)31)33-9-8-32-21)14-38(24(20)35-15-34-23)18-7-5-6-17(28)12-18/h5-9,12,14-16H,10-11,13H2,1-4H3/t16-/m0/s1. The Morgan fingerprint density at radius 2 is 1.82 bits per heavy atom. The maximum absolute atomic E-state index is 14.1. The van der Waals surface area contributed by atoms with E-state index in [2.05, 4.69) is 19.9 Å². The molecule has 1 atom stereocenters. The Labute approximate surface area is 233 Å². The Hall–Kier alpha value is -3.93. The highest BCUT2D eigenvalue weighted by molar-refractivity contribution is 6.30. The summed E-state index contributed by atoms with van der Waals surface area (Å²) in [6, 6.07) is 6.68. The maximum Gasteiger partial charge on any atom is 0.435 e. The number of piperazine rings is 1. The molecule has 1 aliphatic heterocycles. The summed E-state index contributed by atoms with van der Waals surface area (Å²) in [7, 11) is 0. The van der Waals surface area contributed by atoms with Crippen LogP contribution < -0.4 is 4.90 Å². The number of anilines is 1. The number of halogens is 4. The van der Waals surface area contributed by atoms with Crippen LogP contribution >= 0.6 is 11.6 Å². The average molecular weight is 574 g/mol. The Bertz CT molecular complexity index is 1570. The third-order valence-corrected chi connectivity index (χ3v) is 6.66. The zero-order valence-corrected chi connectivity index (χ0v) is 23.0. The molecule has 0 saturated carbocycles. The fraction of sp³-hybridized carbons (Fsp3) is 0.370. The van der Waals surface area contributed by atoms with Crippen LogP contribution in [0, 0.1) is 0 Å². The summed E-state index contributed by atoms with van der Waals surface area (Å²) in [5.41, 5.74) is -0.930. The van der Waals surface area contributed by atoms with E-state index in [-0.39, 0.29) is 17.3 Å². The van der Waals surface area contributed by atoms with E-state index in [0.717, 1.165) is 6.20 Å². The normalized spacial score (nSPS) is 16.4. The number of ether oxygens (including phenoxy) is 1. The van der Waals surface area contributed by atoms with Crippen molar-refractivity contribution < 1.29 is 22.7 Å². The van der Waals surface area contributed by atoms with Gasteiger partial charge >= 0.3 is 12.3 Å². The van der Waals surface area contributed by atoms with Crippen molar-refractivity contribution in [2.24, 2.45) is 0 Å². The van der Waals surface area contributed by atoms with Gasteiger partial charge in [0.15, 0.2) is 11.3 Å². The van der Waals surface area contributed by atoms with Gasteiger partial charge in [-0.05, 0) is 45.9 Å². The molecule has 0 unspecified atom stereocenters. The topological polar surface area (TPSA) is 89.3 Å². The number of alkyl halides is 3. The third-order valence-electron chi connectivity index (χ3n) is 6.42. The van der Waals surface area contributed by atoms with E-state index in [1.807, 2.05) is 11.8 Å². The van der Waals surface area contributed by atoms with Crippen LogP contribution in [-0.4, -0.2) is 66.8 Å². The van der Waals surface area contributed by atoms with Gasteiger partial charge in [-0.25, -0.2) is 19.7 Å². The number of hydrogen-bond acceptors (Lipinski definition) is 7. The highest BCUT2D eigenvalue weighted by Gasteiger charge is 2.38. The number of rotatable bonds is 3. The molecule has 1 amide bonds. The highest BCUT2D eigenvalue weighted by Crippen LogP contribution is 2.41. The molecule has 40 heavy (non-hydrogen) atoms. The molecule has 0 radical (unpaired) electrons. The number of hydrogen-bond donors (Lipinski definition) is 0. The summed E-state index contributed by atoms with van der Waals surface area (Å²) in [5, 5.41) is 0.837. The number of aromatic nitrogens is 5. The second-order valence-electron chi connectivity index (χ2n) is 10.5. The van der Waals surface area contributed by atoms with Crippen LogP contribution in [0.15, 0.2) is 49.2 Å². The van der Waals surface area contributed by atoms with Crippen molar-refractivity contribution in [1.82, 2.24) is 29.4 Å². The maximum atomic E-state index is 14.1. The lowest BCUT2D eigenvalue weighted by molar-refractivity contribution is -0.140. The molecule has 0 spiro atoms. The number of carbonyl (C=O) groups is 1. The molecule has 9 nitrogen and oxygen atoms in total. The smallest absolute Gasteiger partial charge is 0.435 e. The van der Waals surface area contributed by atoms with Crippen molar-refractivity contribution in [3.05, 3.63) is 59.9 Å². The van der Waals surface area contributed by atoms with E-state index in [9.17, 15) is 18.0 Å². The van der Waals surface area contributed by atoms with Crippen molar-refractivity contribution in [2.75, 3.05) is 24.5 Å². The predicted molar refractivity (Wildman–Crippen MR) is 145 cm³/mol. The van der Waals surface area contributed by atoms with Crippen LogP contribution in [0.2, 0.25) is 5.02 Å². The molecule has 1 aliphatic rings. The number of carbonyl (C=O) groups excluding carboxylic acids is 1. The summed E-state index contributed by atoms with van der Waals surface area (Å²) in [5.74, 6) is 0.427. The number of amides is 1. The first kappa shape index (κ1) is 27.6. The number of benzene rings is 1. The van der Waals surface area contributed by atoms with Crippen LogP contribution in [0.3, 0.4) is 0 Å². The van der Waals surface area contributed by atoms with Gasteiger partial charge in [0.2, 0.25) is 0 Å². The number of fused-ring (bicyclic) bond motifs is 1. The first-order valence-corrected chi connectivity index (χ1v) is 13.0. The summed E-state index contributed by atoms with van der Waals surface area (Å²) in [6.07, 6.45) is -0.00647. The van der Waals surface area contributed by atoms with Gasteiger partial charge in [0.1, 0.15) is 23.4 Å². The van der Waals surface area contributed by atoms with Gasteiger partial charge in [0.05, 0.1) is 5.39 Å². The highest BCUT2D eigenvalue weighted by atomic mass is 35.5. The quantitative estimate of drug-likeness (QED) is 0.297. The summed E-state index contributed by atoms with van der Waals surface area (Å²) < 4.78 is 49.3. The van der Waals surface area contributed by atoms with E-state index in [0.29, 0.717) is 47.2 Å². The Kier molecular flexibility index (Phi) is 7.07. The minimum absolute atomic E-state index is 0.174. The molecule has 0 aliphatic carbocycles. The molecule has 1 aromatic carbocycles. The zero-order valence-electron chi connectivity index (χ0n) is 22.3. The molecule has 4 heterocycles. The van der Waals surface area contributed by atoms with Crippen LogP contribution in [0.4, 0.5) is 23.8 Å². The van der Waals surface area contributed by atoms with Crippen LogP contribution in [-0.2, 0) is 10.9 Å². The second kappa shape index (κ2) is 10.2. The Morgan fingerprint density at radius 1 is 1.07 bits per heavy atom. The second-order valence-corrected chi connectivity index (χ2v) is 10.9.